The quantitative estimate of drug-likeness (QED) is 0.808. The maximum absolute atomic E-state index is 13.0. The number of nitrogens with zero attached hydrogens (tertiary/aromatic N) is 2. The molecule has 0 aliphatic heterocycles. The molecule has 3 nitrogen and oxygen atoms in total. The van der Waals surface area contributed by atoms with Crippen LogP contribution >= 0.6 is 11.6 Å². The van der Waals surface area contributed by atoms with Crippen LogP contribution in [0.1, 0.15) is 15.9 Å². The molecule has 98 valence electrons. The first-order chi connectivity index (χ1) is 9.06. The lowest BCUT2D eigenvalue weighted by atomic mass is 10.2. The summed E-state index contributed by atoms with van der Waals surface area (Å²) in [6.45, 7) is 0.406. The summed E-state index contributed by atoms with van der Waals surface area (Å²) in [4.78, 5) is 17.0. The van der Waals surface area contributed by atoms with Gasteiger partial charge in [0.25, 0.3) is 5.91 Å². The Morgan fingerprint density at radius 3 is 2.84 bits per heavy atom. The normalized spacial score (nSPS) is 10.3. The van der Waals surface area contributed by atoms with E-state index in [0.29, 0.717) is 11.6 Å². The second kappa shape index (κ2) is 5.80. The molecular weight excluding hydrogens is 267 g/mol. The molecular formula is C14H12ClFN2O. The number of amides is 1. The second-order valence-electron chi connectivity index (χ2n) is 4.16. The summed E-state index contributed by atoms with van der Waals surface area (Å²) in [6.07, 6.45) is 1.27. The Balaban J connectivity index is 2.12. The number of pyridine rings is 1. The molecule has 0 saturated carbocycles. The number of aromatic nitrogens is 1. The van der Waals surface area contributed by atoms with E-state index in [1.54, 1.807) is 19.2 Å². The van der Waals surface area contributed by atoms with Gasteiger partial charge in [-0.2, -0.15) is 4.39 Å². The van der Waals surface area contributed by atoms with Gasteiger partial charge in [0.05, 0.1) is 0 Å². The average Bonchev–Trinajstić information content (AvgIpc) is 2.38. The zero-order valence-corrected chi connectivity index (χ0v) is 11.1. The van der Waals surface area contributed by atoms with Gasteiger partial charge >= 0.3 is 0 Å². The minimum absolute atomic E-state index is 0.263. The van der Waals surface area contributed by atoms with Crippen molar-refractivity contribution in [1.82, 2.24) is 9.88 Å². The third kappa shape index (κ3) is 3.51. The molecule has 2 rings (SSSR count). The van der Waals surface area contributed by atoms with Gasteiger partial charge in [-0.3, -0.25) is 4.79 Å². The molecule has 0 radical (unpaired) electrons. The van der Waals surface area contributed by atoms with E-state index in [-0.39, 0.29) is 11.5 Å². The largest absolute Gasteiger partial charge is 0.337 e. The Bertz CT molecular complexity index is 604. The standard InChI is InChI=1S/C14H12ClFN2O/c1-18(9-10-3-2-4-12(15)7-10)14(19)11-5-6-17-13(16)8-11/h2-8H,9H2,1H3. The number of benzene rings is 1. The first-order valence-electron chi connectivity index (χ1n) is 5.68. The van der Waals surface area contributed by atoms with Crippen LogP contribution in [-0.4, -0.2) is 22.8 Å². The fourth-order valence-electron chi connectivity index (χ4n) is 1.74. The molecule has 0 saturated heterocycles. The van der Waals surface area contributed by atoms with Crippen molar-refractivity contribution < 1.29 is 9.18 Å². The summed E-state index contributed by atoms with van der Waals surface area (Å²) in [5.41, 5.74) is 1.19. The van der Waals surface area contributed by atoms with E-state index in [1.807, 2.05) is 12.1 Å². The zero-order valence-electron chi connectivity index (χ0n) is 10.3. The maximum atomic E-state index is 13.0. The van der Waals surface area contributed by atoms with Crippen molar-refractivity contribution in [3.8, 4) is 0 Å². The molecule has 0 spiro atoms. The third-order valence-corrected chi connectivity index (χ3v) is 2.86. The van der Waals surface area contributed by atoms with Crippen molar-refractivity contribution >= 4 is 17.5 Å². The lowest BCUT2D eigenvalue weighted by Crippen LogP contribution is -2.26. The summed E-state index contributed by atoms with van der Waals surface area (Å²) < 4.78 is 13.0. The van der Waals surface area contributed by atoms with Gasteiger partial charge in [0.2, 0.25) is 5.95 Å². The van der Waals surface area contributed by atoms with E-state index in [1.165, 1.54) is 17.2 Å². The van der Waals surface area contributed by atoms with E-state index in [4.69, 9.17) is 11.6 Å². The van der Waals surface area contributed by atoms with E-state index < -0.39 is 5.95 Å². The number of hydrogen-bond donors (Lipinski definition) is 0. The second-order valence-corrected chi connectivity index (χ2v) is 4.59. The predicted octanol–water partition coefficient (Wildman–Crippen LogP) is 3.15. The Labute approximate surface area is 115 Å². The molecule has 0 atom stereocenters. The number of carbonyl (C=O) groups is 1. The topological polar surface area (TPSA) is 33.2 Å². The van der Waals surface area contributed by atoms with E-state index in [0.717, 1.165) is 11.6 Å². The Kier molecular flexibility index (Phi) is 4.12. The molecule has 0 bridgehead atoms. The highest BCUT2D eigenvalue weighted by atomic mass is 35.5. The first kappa shape index (κ1) is 13.5. The summed E-state index contributed by atoms with van der Waals surface area (Å²) >= 11 is 5.88. The summed E-state index contributed by atoms with van der Waals surface area (Å²) in [7, 11) is 1.65. The molecule has 1 amide bonds. The molecule has 0 unspecified atom stereocenters. The molecule has 0 aliphatic rings. The predicted molar refractivity (Wildman–Crippen MR) is 71.4 cm³/mol. The first-order valence-corrected chi connectivity index (χ1v) is 6.05. The van der Waals surface area contributed by atoms with Gasteiger partial charge < -0.3 is 4.90 Å². The van der Waals surface area contributed by atoms with Crippen molar-refractivity contribution in [3.05, 3.63) is 64.7 Å². The van der Waals surface area contributed by atoms with Crippen molar-refractivity contribution in [2.45, 2.75) is 6.54 Å². The van der Waals surface area contributed by atoms with Gasteiger partial charge in [0.1, 0.15) is 0 Å². The smallest absolute Gasteiger partial charge is 0.254 e. The van der Waals surface area contributed by atoms with Crippen molar-refractivity contribution in [2.75, 3.05) is 7.05 Å². The highest BCUT2D eigenvalue weighted by molar-refractivity contribution is 6.30. The number of rotatable bonds is 3. The summed E-state index contributed by atoms with van der Waals surface area (Å²) in [6, 6.07) is 9.87. The zero-order chi connectivity index (χ0) is 13.8. The lowest BCUT2D eigenvalue weighted by Gasteiger charge is -2.17. The van der Waals surface area contributed by atoms with Crippen LogP contribution in [-0.2, 0) is 6.54 Å². The van der Waals surface area contributed by atoms with Crippen LogP contribution in [0.5, 0.6) is 0 Å². The van der Waals surface area contributed by atoms with Crippen LogP contribution in [0.25, 0.3) is 0 Å². The Hall–Kier alpha value is -1.94. The minimum atomic E-state index is -0.665. The molecule has 1 aromatic heterocycles. The lowest BCUT2D eigenvalue weighted by molar-refractivity contribution is 0.0784. The average molecular weight is 279 g/mol. The Morgan fingerprint density at radius 2 is 2.16 bits per heavy atom. The van der Waals surface area contributed by atoms with Gasteiger partial charge in [-0.15, -0.1) is 0 Å². The van der Waals surface area contributed by atoms with Gasteiger partial charge in [-0.25, -0.2) is 4.98 Å². The van der Waals surface area contributed by atoms with E-state index >= 15 is 0 Å². The third-order valence-electron chi connectivity index (χ3n) is 2.63. The van der Waals surface area contributed by atoms with E-state index in [9.17, 15) is 9.18 Å². The monoisotopic (exact) mass is 278 g/mol. The van der Waals surface area contributed by atoms with Gasteiger partial charge in [0, 0.05) is 36.4 Å². The molecule has 19 heavy (non-hydrogen) atoms. The molecule has 5 heteroatoms. The van der Waals surface area contributed by atoms with Crippen molar-refractivity contribution in [2.24, 2.45) is 0 Å². The summed E-state index contributed by atoms with van der Waals surface area (Å²) in [5.74, 6) is -0.928. The summed E-state index contributed by atoms with van der Waals surface area (Å²) in [5, 5.41) is 0.619. The van der Waals surface area contributed by atoms with Crippen LogP contribution in [0.3, 0.4) is 0 Å². The van der Waals surface area contributed by atoms with Gasteiger partial charge in [-0.1, -0.05) is 23.7 Å². The molecule has 0 N–H and O–H groups in total. The highest BCUT2D eigenvalue weighted by Crippen LogP contribution is 2.13. The maximum Gasteiger partial charge on any atom is 0.254 e. The van der Waals surface area contributed by atoms with Crippen molar-refractivity contribution in [1.29, 1.82) is 0 Å². The van der Waals surface area contributed by atoms with Crippen LogP contribution in [0.2, 0.25) is 5.02 Å². The number of halogens is 2. The van der Waals surface area contributed by atoms with Gasteiger partial charge in [0.15, 0.2) is 0 Å². The van der Waals surface area contributed by atoms with Crippen LogP contribution in [0.15, 0.2) is 42.6 Å². The SMILES string of the molecule is CN(Cc1cccc(Cl)c1)C(=O)c1ccnc(F)c1. The van der Waals surface area contributed by atoms with Crippen molar-refractivity contribution in [3.63, 3.8) is 0 Å². The fraction of sp³-hybridized carbons (Fsp3) is 0.143. The van der Waals surface area contributed by atoms with Gasteiger partial charge in [-0.05, 0) is 23.8 Å². The van der Waals surface area contributed by atoms with E-state index in [2.05, 4.69) is 4.98 Å². The Morgan fingerprint density at radius 1 is 1.37 bits per heavy atom. The fourth-order valence-corrected chi connectivity index (χ4v) is 1.95. The molecule has 2 aromatic rings. The molecule has 0 aliphatic carbocycles. The number of carbonyl (C=O) groups excluding carboxylic acids is 1. The molecule has 1 aromatic carbocycles. The minimum Gasteiger partial charge on any atom is -0.337 e. The molecule has 0 fully saturated rings. The molecule has 1 heterocycles. The van der Waals surface area contributed by atoms with Crippen LogP contribution in [0, 0.1) is 5.95 Å². The number of hydrogen-bond acceptors (Lipinski definition) is 2. The van der Waals surface area contributed by atoms with Crippen LogP contribution in [0.4, 0.5) is 4.39 Å². The highest BCUT2D eigenvalue weighted by Gasteiger charge is 2.13. The van der Waals surface area contributed by atoms with Crippen LogP contribution < -0.4 is 0 Å².